The summed E-state index contributed by atoms with van der Waals surface area (Å²) < 4.78 is 0. The number of hydrogen-bond acceptors (Lipinski definition) is 2. The van der Waals surface area contributed by atoms with Crippen LogP contribution in [0.25, 0.3) is 6.08 Å². The van der Waals surface area contributed by atoms with Crippen LogP contribution in [0.15, 0.2) is 54.7 Å². The molecule has 2 amide bonds. The van der Waals surface area contributed by atoms with Gasteiger partial charge in [-0.25, -0.2) is 4.79 Å². The van der Waals surface area contributed by atoms with E-state index in [0.29, 0.717) is 5.69 Å². The van der Waals surface area contributed by atoms with Crippen molar-refractivity contribution in [2.24, 2.45) is 0 Å². The van der Waals surface area contributed by atoms with E-state index in [9.17, 15) is 9.90 Å². The number of phenols is 1. The van der Waals surface area contributed by atoms with Gasteiger partial charge in [0.25, 0.3) is 0 Å². The Morgan fingerprint density at radius 2 is 1.81 bits per heavy atom. The van der Waals surface area contributed by atoms with Gasteiger partial charge in [0.1, 0.15) is 5.75 Å². The number of anilines is 1. The average Bonchev–Trinajstić information content (AvgIpc) is 2.49. The van der Waals surface area contributed by atoms with Crippen LogP contribution in [-0.4, -0.2) is 18.2 Å². The molecular weight excluding hydrogens is 264 g/mol. The lowest BCUT2D eigenvalue weighted by molar-refractivity contribution is 0.250. The Bertz CT molecular complexity index is 648. The number of benzene rings is 2. The van der Waals surface area contributed by atoms with E-state index < -0.39 is 0 Å². The summed E-state index contributed by atoms with van der Waals surface area (Å²) in [4.78, 5) is 13.5. The molecule has 0 aliphatic rings. The molecule has 0 spiro atoms. The van der Waals surface area contributed by atoms with E-state index in [1.807, 2.05) is 37.3 Å². The van der Waals surface area contributed by atoms with Crippen molar-refractivity contribution in [1.82, 2.24) is 5.32 Å². The molecular formula is C17H18N2O2. The molecule has 108 valence electrons. The summed E-state index contributed by atoms with van der Waals surface area (Å²) in [5.74, 6) is 0.173. The van der Waals surface area contributed by atoms with Crippen molar-refractivity contribution < 1.29 is 9.90 Å². The van der Waals surface area contributed by atoms with Crippen LogP contribution in [0.1, 0.15) is 11.1 Å². The molecule has 21 heavy (non-hydrogen) atoms. The molecule has 0 saturated carbocycles. The summed E-state index contributed by atoms with van der Waals surface area (Å²) in [5, 5.41) is 12.0. The van der Waals surface area contributed by atoms with Gasteiger partial charge in [0.2, 0.25) is 0 Å². The number of carbonyl (C=O) groups is 1. The van der Waals surface area contributed by atoms with Crippen molar-refractivity contribution in [3.8, 4) is 5.75 Å². The zero-order valence-electron chi connectivity index (χ0n) is 12.1. The molecule has 0 saturated heterocycles. The second-order valence-corrected chi connectivity index (χ2v) is 4.71. The quantitative estimate of drug-likeness (QED) is 0.905. The highest BCUT2D eigenvalue weighted by atomic mass is 16.3. The first-order valence-electron chi connectivity index (χ1n) is 6.63. The first-order chi connectivity index (χ1) is 10.1. The predicted octanol–water partition coefficient (Wildman–Crippen LogP) is 3.52. The van der Waals surface area contributed by atoms with Gasteiger partial charge in [-0.05, 0) is 48.4 Å². The van der Waals surface area contributed by atoms with E-state index in [0.717, 1.165) is 11.1 Å². The third-order valence-electron chi connectivity index (χ3n) is 3.20. The Morgan fingerprint density at radius 3 is 2.48 bits per heavy atom. The Labute approximate surface area is 124 Å². The molecule has 4 heteroatoms. The van der Waals surface area contributed by atoms with Crippen LogP contribution >= 0.6 is 0 Å². The standard InChI is InChI=1S/C17H18N2O2/c1-13-5-3-4-6-14(13)11-12-18-17(21)19(2)15-7-9-16(20)10-8-15/h3-12,20H,1-2H3,(H,18,21)/b12-11+. The van der Waals surface area contributed by atoms with Gasteiger partial charge in [0.15, 0.2) is 0 Å². The highest BCUT2D eigenvalue weighted by Gasteiger charge is 2.08. The largest absolute Gasteiger partial charge is 0.508 e. The smallest absolute Gasteiger partial charge is 0.325 e. The average molecular weight is 282 g/mol. The molecule has 2 N–H and O–H groups in total. The van der Waals surface area contributed by atoms with Gasteiger partial charge in [-0.2, -0.15) is 0 Å². The van der Waals surface area contributed by atoms with E-state index in [-0.39, 0.29) is 11.8 Å². The van der Waals surface area contributed by atoms with Gasteiger partial charge in [-0.3, -0.25) is 4.90 Å². The van der Waals surface area contributed by atoms with Crippen molar-refractivity contribution >= 4 is 17.8 Å². The number of nitrogens with zero attached hydrogens (tertiary/aromatic N) is 1. The van der Waals surface area contributed by atoms with Crippen LogP contribution in [0.5, 0.6) is 5.75 Å². The van der Waals surface area contributed by atoms with Crippen molar-refractivity contribution in [3.05, 3.63) is 65.9 Å². The fraction of sp³-hybridized carbons (Fsp3) is 0.118. The lowest BCUT2D eigenvalue weighted by Gasteiger charge is -2.16. The minimum atomic E-state index is -0.245. The van der Waals surface area contributed by atoms with Crippen LogP contribution < -0.4 is 10.2 Å². The van der Waals surface area contributed by atoms with Gasteiger partial charge in [-0.1, -0.05) is 24.3 Å². The SMILES string of the molecule is Cc1ccccc1/C=C/NC(=O)N(C)c1ccc(O)cc1. The Kier molecular flexibility index (Phi) is 4.61. The number of amides is 2. The van der Waals surface area contributed by atoms with Gasteiger partial charge in [0.05, 0.1) is 0 Å². The summed E-state index contributed by atoms with van der Waals surface area (Å²) in [7, 11) is 1.67. The minimum Gasteiger partial charge on any atom is -0.508 e. The third-order valence-corrected chi connectivity index (χ3v) is 3.20. The van der Waals surface area contributed by atoms with Crippen LogP contribution in [0.3, 0.4) is 0 Å². The van der Waals surface area contributed by atoms with Gasteiger partial charge in [-0.15, -0.1) is 0 Å². The maximum Gasteiger partial charge on any atom is 0.325 e. The summed E-state index contributed by atoms with van der Waals surface area (Å²) in [6.07, 6.45) is 3.49. The second kappa shape index (κ2) is 6.61. The van der Waals surface area contributed by atoms with Gasteiger partial charge in [0, 0.05) is 18.9 Å². The second-order valence-electron chi connectivity index (χ2n) is 4.71. The first-order valence-corrected chi connectivity index (χ1v) is 6.63. The molecule has 0 unspecified atom stereocenters. The van der Waals surface area contributed by atoms with E-state index in [1.54, 1.807) is 37.5 Å². The Hall–Kier alpha value is -2.75. The molecule has 2 rings (SSSR count). The lowest BCUT2D eigenvalue weighted by Crippen LogP contribution is -2.34. The molecule has 0 aromatic heterocycles. The monoisotopic (exact) mass is 282 g/mol. The number of hydrogen-bond donors (Lipinski definition) is 2. The number of nitrogens with one attached hydrogen (secondary N) is 1. The molecule has 0 aliphatic heterocycles. The number of aryl methyl sites for hydroxylation is 1. The van der Waals surface area contributed by atoms with Crippen LogP contribution in [-0.2, 0) is 0 Å². The topological polar surface area (TPSA) is 52.6 Å². The number of carbonyl (C=O) groups excluding carboxylic acids is 1. The number of phenolic OH excluding ortho intramolecular Hbond substituents is 1. The number of rotatable bonds is 3. The molecule has 0 fully saturated rings. The molecule has 0 aliphatic carbocycles. The van der Waals surface area contributed by atoms with E-state index in [2.05, 4.69) is 5.32 Å². The van der Waals surface area contributed by atoms with Crippen LogP contribution in [0.4, 0.5) is 10.5 Å². The third kappa shape index (κ3) is 3.86. The van der Waals surface area contributed by atoms with Crippen molar-refractivity contribution in [2.75, 3.05) is 11.9 Å². The summed E-state index contributed by atoms with van der Waals surface area (Å²) >= 11 is 0. The summed E-state index contributed by atoms with van der Waals surface area (Å²) in [6.45, 7) is 2.02. The first kappa shape index (κ1) is 14.7. The Balaban J connectivity index is 1.98. The van der Waals surface area contributed by atoms with E-state index >= 15 is 0 Å². The number of urea groups is 1. The highest BCUT2D eigenvalue weighted by Crippen LogP contribution is 2.17. The molecule has 2 aromatic carbocycles. The van der Waals surface area contributed by atoms with Gasteiger partial charge >= 0.3 is 6.03 Å². The van der Waals surface area contributed by atoms with Crippen molar-refractivity contribution in [2.45, 2.75) is 6.92 Å². The normalized spacial score (nSPS) is 10.6. The number of aromatic hydroxyl groups is 1. The fourth-order valence-electron chi connectivity index (χ4n) is 1.87. The molecule has 0 bridgehead atoms. The minimum absolute atomic E-state index is 0.173. The zero-order chi connectivity index (χ0) is 15.2. The molecule has 0 atom stereocenters. The van der Waals surface area contributed by atoms with E-state index in [4.69, 9.17) is 0 Å². The Morgan fingerprint density at radius 1 is 1.14 bits per heavy atom. The maximum atomic E-state index is 12.0. The van der Waals surface area contributed by atoms with Crippen LogP contribution in [0, 0.1) is 6.92 Å². The molecule has 0 radical (unpaired) electrons. The summed E-state index contributed by atoms with van der Waals surface area (Å²) in [5.41, 5.74) is 2.91. The predicted molar refractivity (Wildman–Crippen MR) is 85.3 cm³/mol. The maximum absolute atomic E-state index is 12.0. The molecule has 0 heterocycles. The van der Waals surface area contributed by atoms with Gasteiger partial charge < -0.3 is 10.4 Å². The van der Waals surface area contributed by atoms with E-state index in [1.165, 1.54) is 4.90 Å². The molecule has 4 nitrogen and oxygen atoms in total. The fourth-order valence-corrected chi connectivity index (χ4v) is 1.87. The van der Waals surface area contributed by atoms with Crippen molar-refractivity contribution in [1.29, 1.82) is 0 Å². The molecule has 2 aromatic rings. The summed E-state index contributed by atoms with van der Waals surface area (Å²) in [6, 6.07) is 14.1. The zero-order valence-corrected chi connectivity index (χ0v) is 12.1. The van der Waals surface area contributed by atoms with Crippen molar-refractivity contribution in [3.63, 3.8) is 0 Å². The highest BCUT2D eigenvalue weighted by molar-refractivity contribution is 5.92. The van der Waals surface area contributed by atoms with Crippen LogP contribution in [0.2, 0.25) is 0 Å². The lowest BCUT2D eigenvalue weighted by atomic mass is 10.1.